The molecule has 0 saturated carbocycles. The number of carbonyl (C=O) groups is 2. The number of aromatic amines is 1. The van der Waals surface area contributed by atoms with E-state index in [1.54, 1.807) is 6.07 Å². The van der Waals surface area contributed by atoms with Crippen LogP contribution in [0.5, 0.6) is 0 Å². The van der Waals surface area contributed by atoms with Crippen molar-refractivity contribution in [1.29, 1.82) is 0 Å². The van der Waals surface area contributed by atoms with Crippen LogP contribution in [0.1, 0.15) is 12.1 Å². The second kappa shape index (κ2) is 5.98. The molecule has 7 heteroatoms. The minimum atomic E-state index is -1.05. The second-order valence-electron chi connectivity index (χ2n) is 5.30. The first-order chi connectivity index (χ1) is 10.5. The molecular formula is C15H15ClN2O4. The fourth-order valence-corrected chi connectivity index (χ4v) is 2.85. The lowest BCUT2D eigenvalue weighted by Gasteiger charge is -2.15. The van der Waals surface area contributed by atoms with Gasteiger partial charge in [0.25, 0.3) is 0 Å². The van der Waals surface area contributed by atoms with Crippen molar-refractivity contribution in [2.75, 3.05) is 6.61 Å². The molecule has 1 aromatic heterocycles. The monoisotopic (exact) mass is 322 g/mol. The third kappa shape index (κ3) is 3.08. The predicted octanol–water partition coefficient (Wildman–Crippen LogP) is 1.72. The van der Waals surface area contributed by atoms with Crippen molar-refractivity contribution >= 4 is 34.4 Å². The fourth-order valence-electron chi connectivity index (χ4n) is 2.67. The maximum Gasteiger partial charge on any atom is 0.334 e. The van der Waals surface area contributed by atoms with Gasteiger partial charge in [0.15, 0.2) is 6.10 Å². The number of aliphatic carboxylic acids is 1. The molecule has 2 atom stereocenters. The number of H-pyrrole nitrogens is 1. The standard InChI is InChI=1S/C15H15ClN2O4/c16-9-1-2-11-8(5-9)6-10(17-11)7-13(19)18-12-3-4-22-14(12)15(20)21/h1-2,5-6,12,14,17H,3-4,7H2,(H,18,19)(H,20,21)/t12-,14+/m0/s1. The van der Waals surface area contributed by atoms with Crippen LogP contribution in [0, 0.1) is 0 Å². The zero-order valence-corrected chi connectivity index (χ0v) is 12.4. The Hall–Kier alpha value is -2.05. The van der Waals surface area contributed by atoms with E-state index in [-0.39, 0.29) is 12.3 Å². The van der Waals surface area contributed by atoms with Crippen LogP contribution in [0.15, 0.2) is 24.3 Å². The van der Waals surface area contributed by atoms with E-state index in [4.69, 9.17) is 21.4 Å². The van der Waals surface area contributed by atoms with Gasteiger partial charge in [-0.05, 0) is 30.7 Å². The lowest BCUT2D eigenvalue weighted by atomic mass is 10.1. The Balaban J connectivity index is 1.66. The summed E-state index contributed by atoms with van der Waals surface area (Å²) in [5, 5.41) is 13.3. The van der Waals surface area contributed by atoms with Gasteiger partial charge in [-0.2, -0.15) is 0 Å². The molecular weight excluding hydrogens is 308 g/mol. The van der Waals surface area contributed by atoms with Gasteiger partial charge < -0.3 is 20.1 Å². The first kappa shape index (κ1) is 14.9. The molecule has 0 aliphatic carbocycles. The van der Waals surface area contributed by atoms with Crippen molar-refractivity contribution in [3.63, 3.8) is 0 Å². The largest absolute Gasteiger partial charge is 0.479 e. The number of benzene rings is 1. The second-order valence-corrected chi connectivity index (χ2v) is 5.73. The van der Waals surface area contributed by atoms with Gasteiger partial charge in [0.2, 0.25) is 5.91 Å². The number of nitrogens with one attached hydrogen (secondary N) is 2. The quantitative estimate of drug-likeness (QED) is 0.799. The van der Waals surface area contributed by atoms with Gasteiger partial charge >= 0.3 is 5.97 Å². The molecule has 6 nitrogen and oxygen atoms in total. The molecule has 1 saturated heterocycles. The molecule has 0 spiro atoms. The molecule has 0 unspecified atom stereocenters. The van der Waals surface area contributed by atoms with Crippen LogP contribution in [0.25, 0.3) is 10.9 Å². The number of rotatable bonds is 4. The lowest BCUT2D eigenvalue weighted by Crippen LogP contribution is -2.44. The van der Waals surface area contributed by atoms with Gasteiger partial charge in [-0.3, -0.25) is 4.79 Å². The maximum absolute atomic E-state index is 12.1. The van der Waals surface area contributed by atoms with Crippen LogP contribution in [0.2, 0.25) is 5.02 Å². The van der Waals surface area contributed by atoms with Crippen molar-refractivity contribution in [2.45, 2.75) is 25.0 Å². The van der Waals surface area contributed by atoms with Gasteiger partial charge in [0.05, 0.1) is 12.5 Å². The summed E-state index contributed by atoms with van der Waals surface area (Å²) in [6, 6.07) is 6.83. The molecule has 116 valence electrons. The van der Waals surface area contributed by atoms with Gasteiger partial charge in [0.1, 0.15) is 0 Å². The topological polar surface area (TPSA) is 91.4 Å². The highest BCUT2D eigenvalue weighted by molar-refractivity contribution is 6.31. The molecule has 1 amide bonds. The smallest absolute Gasteiger partial charge is 0.334 e. The summed E-state index contributed by atoms with van der Waals surface area (Å²) >= 11 is 5.93. The number of amides is 1. The van der Waals surface area contributed by atoms with E-state index in [9.17, 15) is 9.59 Å². The highest BCUT2D eigenvalue weighted by Crippen LogP contribution is 2.20. The number of carbonyl (C=O) groups excluding carboxylic acids is 1. The van der Waals surface area contributed by atoms with Crippen molar-refractivity contribution in [2.24, 2.45) is 0 Å². The zero-order valence-electron chi connectivity index (χ0n) is 11.6. The minimum Gasteiger partial charge on any atom is -0.479 e. The van der Waals surface area contributed by atoms with Crippen molar-refractivity contribution in [3.8, 4) is 0 Å². The van der Waals surface area contributed by atoms with Crippen LogP contribution < -0.4 is 5.32 Å². The van der Waals surface area contributed by atoms with Crippen LogP contribution in [-0.4, -0.2) is 40.7 Å². The van der Waals surface area contributed by atoms with Crippen LogP contribution in [0.4, 0.5) is 0 Å². The molecule has 2 heterocycles. The molecule has 0 bridgehead atoms. The minimum absolute atomic E-state index is 0.148. The number of carboxylic acids is 1. The van der Waals surface area contributed by atoms with Crippen LogP contribution in [0.3, 0.4) is 0 Å². The van der Waals surface area contributed by atoms with Crippen molar-refractivity contribution in [1.82, 2.24) is 10.3 Å². The molecule has 1 aliphatic rings. The molecule has 22 heavy (non-hydrogen) atoms. The SMILES string of the molecule is O=C(Cc1cc2cc(Cl)ccc2[nH]1)N[C@H]1CCO[C@H]1C(=O)O. The van der Waals surface area contributed by atoms with Gasteiger partial charge in [0, 0.05) is 28.2 Å². The van der Waals surface area contributed by atoms with Gasteiger partial charge in [-0.1, -0.05) is 11.6 Å². The summed E-state index contributed by atoms with van der Waals surface area (Å²) in [6.45, 7) is 0.340. The Morgan fingerprint density at radius 3 is 3.00 bits per heavy atom. The number of hydrogen-bond acceptors (Lipinski definition) is 3. The average molecular weight is 323 g/mol. The summed E-state index contributed by atoms with van der Waals surface area (Å²) in [5.74, 6) is -1.29. The molecule has 3 rings (SSSR count). The number of fused-ring (bicyclic) bond motifs is 1. The van der Waals surface area contributed by atoms with E-state index < -0.39 is 18.1 Å². The number of halogens is 1. The third-order valence-electron chi connectivity index (χ3n) is 3.67. The number of ether oxygens (including phenoxy) is 1. The molecule has 1 aromatic carbocycles. The van der Waals surface area contributed by atoms with Gasteiger partial charge in [-0.25, -0.2) is 4.79 Å². The van der Waals surface area contributed by atoms with E-state index in [0.29, 0.717) is 18.1 Å². The lowest BCUT2D eigenvalue weighted by molar-refractivity contribution is -0.148. The Bertz CT molecular complexity index is 727. The van der Waals surface area contributed by atoms with Crippen molar-refractivity contribution < 1.29 is 19.4 Å². The highest BCUT2D eigenvalue weighted by Gasteiger charge is 2.35. The predicted molar refractivity (Wildman–Crippen MR) is 80.9 cm³/mol. The summed E-state index contributed by atoms with van der Waals surface area (Å²) < 4.78 is 5.10. The highest BCUT2D eigenvalue weighted by atomic mass is 35.5. The van der Waals surface area contributed by atoms with E-state index in [1.807, 2.05) is 18.2 Å². The average Bonchev–Trinajstić information content (AvgIpc) is 3.04. The summed E-state index contributed by atoms with van der Waals surface area (Å²) in [4.78, 5) is 26.2. The molecule has 2 aromatic rings. The molecule has 1 aliphatic heterocycles. The Labute approximate surface area is 131 Å². The molecule has 3 N–H and O–H groups in total. The normalized spacial score (nSPS) is 21.1. The maximum atomic E-state index is 12.1. The van der Waals surface area contributed by atoms with E-state index >= 15 is 0 Å². The molecule has 0 radical (unpaired) electrons. The molecule has 1 fully saturated rings. The van der Waals surface area contributed by atoms with Crippen LogP contribution in [-0.2, 0) is 20.7 Å². The summed E-state index contributed by atoms with van der Waals surface area (Å²) in [6.07, 6.45) is -0.314. The van der Waals surface area contributed by atoms with Gasteiger partial charge in [-0.15, -0.1) is 0 Å². The van der Waals surface area contributed by atoms with E-state index in [1.165, 1.54) is 0 Å². The van der Waals surface area contributed by atoms with Crippen molar-refractivity contribution in [3.05, 3.63) is 35.0 Å². The fraction of sp³-hybridized carbons (Fsp3) is 0.333. The third-order valence-corrected chi connectivity index (χ3v) is 3.91. The first-order valence-corrected chi connectivity index (χ1v) is 7.31. The summed E-state index contributed by atoms with van der Waals surface area (Å²) in [7, 11) is 0. The first-order valence-electron chi connectivity index (χ1n) is 6.94. The Morgan fingerprint density at radius 2 is 2.23 bits per heavy atom. The zero-order chi connectivity index (χ0) is 15.7. The number of aromatic nitrogens is 1. The Morgan fingerprint density at radius 1 is 1.41 bits per heavy atom. The van der Waals surface area contributed by atoms with Crippen LogP contribution >= 0.6 is 11.6 Å². The number of carboxylic acid groups (broad SMARTS) is 1. The Kier molecular flexibility index (Phi) is 4.04. The van der Waals surface area contributed by atoms with E-state index in [0.717, 1.165) is 16.6 Å². The van der Waals surface area contributed by atoms with E-state index in [2.05, 4.69) is 10.3 Å². The summed E-state index contributed by atoms with van der Waals surface area (Å²) in [5.41, 5.74) is 1.65. The number of hydrogen-bond donors (Lipinski definition) is 3.